The summed E-state index contributed by atoms with van der Waals surface area (Å²) in [4.78, 5) is 29.6. The van der Waals surface area contributed by atoms with Gasteiger partial charge in [0.2, 0.25) is 0 Å². The molecule has 0 radical (unpaired) electrons. The fraction of sp³-hybridized carbons (Fsp3) is 0.345. The number of alkyl halides is 1. The molecule has 3 N–H and O–H groups in total. The van der Waals surface area contributed by atoms with Gasteiger partial charge in [0.05, 0.1) is 18.9 Å². The van der Waals surface area contributed by atoms with Crippen molar-refractivity contribution in [1.29, 1.82) is 0 Å². The molecule has 2 heterocycles. The number of amides is 1. The first kappa shape index (κ1) is 26.6. The van der Waals surface area contributed by atoms with Gasteiger partial charge in [-0.15, -0.1) is 0 Å². The Bertz CT molecular complexity index is 1440. The van der Waals surface area contributed by atoms with Gasteiger partial charge in [-0.05, 0) is 74.7 Å². The first-order valence-electron chi connectivity index (χ1n) is 12.6. The highest BCUT2D eigenvalue weighted by atomic mass is 19.1. The molecule has 0 unspecified atom stereocenters. The number of fused-ring (bicyclic) bond motifs is 1. The van der Waals surface area contributed by atoms with Crippen LogP contribution in [-0.2, 0) is 16.1 Å². The summed E-state index contributed by atoms with van der Waals surface area (Å²) in [7, 11) is 1.49. The third-order valence-electron chi connectivity index (χ3n) is 7.02. The number of rotatable bonds is 10. The van der Waals surface area contributed by atoms with E-state index in [2.05, 4.69) is 4.98 Å². The molecule has 2 atom stereocenters. The molecule has 0 bridgehead atoms. The number of nitrogens with zero attached hydrogens (tertiary/aromatic N) is 1. The predicted octanol–water partition coefficient (Wildman–Crippen LogP) is 4.35. The minimum atomic E-state index is -2.64. The van der Waals surface area contributed by atoms with Crippen molar-refractivity contribution in [3.63, 3.8) is 0 Å². The van der Waals surface area contributed by atoms with Crippen molar-refractivity contribution in [2.24, 2.45) is 5.73 Å². The van der Waals surface area contributed by atoms with Crippen LogP contribution >= 0.6 is 0 Å². The van der Waals surface area contributed by atoms with Crippen molar-refractivity contribution in [3.8, 4) is 28.5 Å². The number of ether oxygens (including phenoxy) is 3. The summed E-state index contributed by atoms with van der Waals surface area (Å²) in [5, 5.41) is 11.4. The van der Waals surface area contributed by atoms with E-state index in [1.54, 1.807) is 18.2 Å². The quantitative estimate of drug-likeness (QED) is 0.368. The second-order valence-corrected chi connectivity index (χ2v) is 10.1. The molecule has 3 aromatic rings. The molecule has 0 saturated heterocycles. The molecule has 1 saturated carbocycles. The van der Waals surface area contributed by atoms with Crippen LogP contribution in [0.15, 0.2) is 48.5 Å². The first-order chi connectivity index (χ1) is 18.5. The number of methoxy groups -OCH3 is 1. The number of benzene rings is 2. The first-order valence-corrected chi connectivity index (χ1v) is 12.6. The lowest BCUT2D eigenvalue weighted by molar-refractivity contribution is -0.130. The van der Waals surface area contributed by atoms with E-state index < -0.39 is 29.6 Å². The van der Waals surface area contributed by atoms with E-state index in [1.807, 2.05) is 0 Å². The Kier molecular flexibility index (Phi) is 6.76. The van der Waals surface area contributed by atoms with Gasteiger partial charge < -0.3 is 25.1 Å². The van der Waals surface area contributed by atoms with E-state index in [1.165, 1.54) is 44.4 Å². The lowest BCUT2D eigenvalue weighted by Gasteiger charge is -2.25. The number of primary amides is 1. The molecule has 1 amide bonds. The van der Waals surface area contributed by atoms with Crippen molar-refractivity contribution in [2.75, 3.05) is 13.7 Å². The molecule has 1 aliphatic carbocycles. The molecule has 39 heavy (non-hydrogen) atoms. The lowest BCUT2D eigenvalue weighted by Crippen LogP contribution is -2.38. The van der Waals surface area contributed by atoms with Crippen molar-refractivity contribution in [2.45, 2.75) is 50.0 Å². The topological polar surface area (TPSA) is 121 Å². The SMILES string of the molecule is COc1cc(C(=O)CC[C@](C)(O)c2cc3c(c(-c4ccc(F)cc4)n2)OC[C@@]3(F)C(N)=O)ccc1OC1CC1. The molecule has 204 valence electrons. The smallest absolute Gasteiger partial charge is 0.263 e. The molecule has 1 fully saturated rings. The third kappa shape index (κ3) is 5.16. The summed E-state index contributed by atoms with van der Waals surface area (Å²) in [6, 6.07) is 11.4. The Labute approximate surface area is 223 Å². The number of pyridine rings is 1. The Morgan fingerprint density at radius 1 is 1.18 bits per heavy atom. The lowest BCUT2D eigenvalue weighted by atomic mass is 9.88. The Morgan fingerprint density at radius 3 is 2.54 bits per heavy atom. The number of aliphatic hydroxyl groups is 1. The zero-order valence-electron chi connectivity index (χ0n) is 21.5. The van der Waals surface area contributed by atoms with E-state index in [4.69, 9.17) is 19.9 Å². The summed E-state index contributed by atoms with van der Waals surface area (Å²) >= 11 is 0. The number of ketones is 1. The standard InChI is InChI=1S/C29H28F2N2O6/c1-28(36,12-11-21(34)17-5-10-22(23(13-17)37-2)39-19-8-9-19)24-14-20-26(38-15-29(20,31)27(32)35)25(33-24)16-3-6-18(30)7-4-16/h3-7,10,13-14,19,36H,8-9,11-12,15H2,1-2H3,(H2,32,35)/t28-,29-/m0/s1. The number of aromatic nitrogens is 1. The molecular weight excluding hydrogens is 510 g/mol. The summed E-state index contributed by atoms with van der Waals surface area (Å²) in [5.74, 6) is -1.01. The van der Waals surface area contributed by atoms with Crippen LogP contribution in [0.1, 0.15) is 54.2 Å². The maximum Gasteiger partial charge on any atom is 0.263 e. The summed E-state index contributed by atoms with van der Waals surface area (Å²) in [6.45, 7) is 0.788. The highest BCUT2D eigenvalue weighted by Crippen LogP contribution is 2.46. The summed E-state index contributed by atoms with van der Waals surface area (Å²) < 4.78 is 45.9. The van der Waals surface area contributed by atoms with Crippen molar-refractivity contribution < 1.29 is 37.7 Å². The average molecular weight is 539 g/mol. The Morgan fingerprint density at radius 2 is 1.90 bits per heavy atom. The van der Waals surface area contributed by atoms with Crippen LogP contribution in [-0.4, -0.2) is 41.6 Å². The number of carbonyl (C=O) groups excluding carboxylic acids is 2. The van der Waals surface area contributed by atoms with Crippen LogP contribution < -0.4 is 19.9 Å². The maximum atomic E-state index is 15.6. The van der Waals surface area contributed by atoms with Crippen LogP contribution in [0.3, 0.4) is 0 Å². The van der Waals surface area contributed by atoms with E-state index in [9.17, 15) is 19.1 Å². The van der Waals surface area contributed by atoms with Crippen LogP contribution in [0.25, 0.3) is 11.3 Å². The van der Waals surface area contributed by atoms with Gasteiger partial charge in [0.1, 0.15) is 23.7 Å². The van der Waals surface area contributed by atoms with E-state index in [0.29, 0.717) is 22.6 Å². The number of Topliss-reactive ketones (excluding diaryl/α,β-unsaturated/α-hetero) is 1. The Balaban J connectivity index is 1.43. The van der Waals surface area contributed by atoms with Gasteiger partial charge in [0.25, 0.3) is 11.6 Å². The number of carbonyl (C=O) groups is 2. The molecule has 1 aromatic heterocycles. The zero-order chi connectivity index (χ0) is 27.9. The van der Waals surface area contributed by atoms with Crippen molar-refractivity contribution in [1.82, 2.24) is 4.98 Å². The number of hydrogen-bond acceptors (Lipinski definition) is 7. The average Bonchev–Trinajstić information content (AvgIpc) is 3.67. The predicted molar refractivity (Wildman–Crippen MR) is 137 cm³/mol. The van der Waals surface area contributed by atoms with Gasteiger partial charge in [-0.2, -0.15) is 0 Å². The highest BCUT2D eigenvalue weighted by molar-refractivity contribution is 5.96. The molecule has 8 nitrogen and oxygen atoms in total. The molecule has 1 aliphatic heterocycles. The monoisotopic (exact) mass is 538 g/mol. The van der Waals surface area contributed by atoms with Crippen LogP contribution in [0.4, 0.5) is 8.78 Å². The molecule has 5 rings (SSSR count). The van der Waals surface area contributed by atoms with Crippen LogP contribution in [0.2, 0.25) is 0 Å². The number of hydrogen-bond donors (Lipinski definition) is 2. The van der Waals surface area contributed by atoms with Gasteiger partial charge in [0.15, 0.2) is 23.0 Å². The van der Waals surface area contributed by atoms with E-state index in [-0.39, 0.29) is 47.4 Å². The fourth-order valence-corrected chi connectivity index (χ4v) is 4.44. The second kappa shape index (κ2) is 9.92. The minimum absolute atomic E-state index is 0.00733. The normalized spacial score (nSPS) is 19.5. The third-order valence-corrected chi connectivity index (χ3v) is 7.02. The van der Waals surface area contributed by atoms with Crippen LogP contribution in [0, 0.1) is 5.82 Å². The zero-order valence-corrected chi connectivity index (χ0v) is 21.5. The molecule has 0 spiro atoms. The highest BCUT2D eigenvalue weighted by Gasteiger charge is 2.49. The molecule has 2 aliphatic rings. The van der Waals surface area contributed by atoms with Gasteiger partial charge in [-0.3, -0.25) is 9.59 Å². The van der Waals surface area contributed by atoms with Gasteiger partial charge in [-0.1, -0.05) is 0 Å². The minimum Gasteiger partial charge on any atom is -0.493 e. The molecular formula is C29H28F2N2O6. The van der Waals surface area contributed by atoms with Crippen LogP contribution in [0.5, 0.6) is 17.2 Å². The second-order valence-electron chi connectivity index (χ2n) is 10.1. The van der Waals surface area contributed by atoms with Gasteiger partial charge >= 0.3 is 0 Å². The molecule has 2 aromatic carbocycles. The van der Waals surface area contributed by atoms with E-state index in [0.717, 1.165) is 12.8 Å². The van der Waals surface area contributed by atoms with Gasteiger partial charge in [-0.25, -0.2) is 13.8 Å². The van der Waals surface area contributed by atoms with Crippen molar-refractivity contribution in [3.05, 3.63) is 71.2 Å². The molecule has 10 heteroatoms. The van der Waals surface area contributed by atoms with Crippen molar-refractivity contribution >= 4 is 11.7 Å². The summed E-state index contributed by atoms with van der Waals surface area (Å²) in [5.41, 5.74) is 1.71. The number of nitrogens with two attached hydrogens (primary N) is 1. The van der Waals surface area contributed by atoms with E-state index >= 15 is 4.39 Å². The maximum absolute atomic E-state index is 15.6. The largest absolute Gasteiger partial charge is 0.493 e. The summed E-state index contributed by atoms with van der Waals surface area (Å²) in [6.07, 6.45) is 1.98. The number of halogens is 2. The van der Waals surface area contributed by atoms with Gasteiger partial charge in [0, 0.05) is 23.1 Å². The Hall–Kier alpha value is -4.05. The fourth-order valence-electron chi connectivity index (χ4n) is 4.44.